The molecule has 0 unspecified atom stereocenters. The molecule has 0 radical (unpaired) electrons. The molecular weight excluding hydrogens is 206 g/mol. The molecular formula is C9H13N7. The first kappa shape index (κ1) is 10.2. The van der Waals surface area contributed by atoms with Crippen LogP contribution in [0.15, 0.2) is 12.1 Å². The summed E-state index contributed by atoms with van der Waals surface area (Å²) >= 11 is 0. The molecule has 0 aliphatic heterocycles. The maximum atomic E-state index is 5.46. The van der Waals surface area contributed by atoms with Gasteiger partial charge in [0.25, 0.3) is 0 Å². The van der Waals surface area contributed by atoms with Gasteiger partial charge in [0.2, 0.25) is 5.95 Å². The number of nitrogens with zero attached hydrogens (tertiary/aromatic N) is 3. The number of aromatic amines is 1. The lowest BCUT2D eigenvalue weighted by molar-refractivity contribution is 1.10. The van der Waals surface area contributed by atoms with Crippen LogP contribution in [0.1, 0.15) is 0 Å². The molecule has 2 heterocycles. The van der Waals surface area contributed by atoms with Gasteiger partial charge in [-0.2, -0.15) is 4.98 Å². The fourth-order valence-electron chi connectivity index (χ4n) is 1.33. The highest BCUT2D eigenvalue weighted by atomic mass is 15.3. The fraction of sp³-hybridized carbons (Fsp3) is 0.222. The lowest BCUT2D eigenvalue weighted by Crippen LogP contribution is -1.98. The minimum Gasteiger partial charge on any atom is -0.373 e. The van der Waals surface area contributed by atoms with Crippen LogP contribution in [0.3, 0.4) is 0 Å². The van der Waals surface area contributed by atoms with Crippen LogP contribution in [0.5, 0.6) is 0 Å². The second kappa shape index (κ2) is 4.05. The number of H-pyrrole nitrogens is 1. The second-order valence-electron chi connectivity index (χ2n) is 3.17. The molecule has 0 fully saturated rings. The number of nitrogen functional groups attached to an aromatic ring is 1. The molecule has 2 aromatic heterocycles. The van der Waals surface area contributed by atoms with Gasteiger partial charge in [-0.05, 0) is 12.1 Å². The molecule has 2 rings (SSSR count). The number of nitrogens with one attached hydrogen (secondary N) is 3. The van der Waals surface area contributed by atoms with E-state index in [0.717, 1.165) is 17.2 Å². The third kappa shape index (κ3) is 1.88. The summed E-state index contributed by atoms with van der Waals surface area (Å²) in [4.78, 5) is 8.35. The molecule has 5 N–H and O–H groups in total. The summed E-state index contributed by atoms with van der Waals surface area (Å²) < 4.78 is 0. The quantitative estimate of drug-likeness (QED) is 0.600. The van der Waals surface area contributed by atoms with E-state index in [1.807, 2.05) is 12.1 Å². The highest BCUT2D eigenvalue weighted by Gasteiger charge is 2.06. The van der Waals surface area contributed by atoms with Crippen LogP contribution in [0.4, 0.5) is 17.6 Å². The zero-order chi connectivity index (χ0) is 11.5. The van der Waals surface area contributed by atoms with Crippen LogP contribution in [0.2, 0.25) is 0 Å². The van der Waals surface area contributed by atoms with Gasteiger partial charge in [0.1, 0.15) is 11.6 Å². The molecule has 0 saturated heterocycles. The summed E-state index contributed by atoms with van der Waals surface area (Å²) in [5, 5.41) is 12.5. The van der Waals surface area contributed by atoms with Gasteiger partial charge in [-0.1, -0.05) is 0 Å². The third-order valence-corrected chi connectivity index (χ3v) is 2.11. The Labute approximate surface area is 92.5 Å². The Morgan fingerprint density at radius 3 is 2.19 bits per heavy atom. The van der Waals surface area contributed by atoms with Crippen molar-refractivity contribution in [3.8, 4) is 11.4 Å². The number of nitrogens with two attached hydrogens (primary N) is 1. The molecule has 0 amide bonds. The normalized spacial score (nSPS) is 10.1. The van der Waals surface area contributed by atoms with Crippen molar-refractivity contribution in [2.24, 2.45) is 0 Å². The van der Waals surface area contributed by atoms with E-state index in [2.05, 4.69) is 30.8 Å². The molecule has 0 bridgehead atoms. The first-order chi connectivity index (χ1) is 7.72. The van der Waals surface area contributed by atoms with Gasteiger partial charge in [0.15, 0.2) is 5.82 Å². The first-order valence-corrected chi connectivity index (χ1v) is 4.79. The molecule has 0 aliphatic carbocycles. The van der Waals surface area contributed by atoms with Gasteiger partial charge < -0.3 is 16.4 Å². The van der Waals surface area contributed by atoms with Gasteiger partial charge >= 0.3 is 0 Å². The van der Waals surface area contributed by atoms with E-state index in [4.69, 9.17) is 5.73 Å². The van der Waals surface area contributed by atoms with Crippen LogP contribution in [0.25, 0.3) is 11.4 Å². The number of hydrogen-bond donors (Lipinski definition) is 4. The Balaban J connectivity index is 2.47. The van der Waals surface area contributed by atoms with Gasteiger partial charge in [-0.25, -0.2) is 4.98 Å². The Morgan fingerprint density at radius 1 is 1.12 bits per heavy atom. The molecule has 0 atom stereocenters. The van der Waals surface area contributed by atoms with E-state index in [-0.39, 0.29) is 5.95 Å². The van der Waals surface area contributed by atoms with Crippen molar-refractivity contribution < 1.29 is 0 Å². The zero-order valence-electron chi connectivity index (χ0n) is 9.07. The molecule has 0 aliphatic rings. The van der Waals surface area contributed by atoms with Crippen LogP contribution in [0, 0.1) is 0 Å². The smallest absolute Gasteiger partial charge is 0.239 e. The fourth-order valence-corrected chi connectivity index (χ4v) is 1.33. The van der Waals surface area contributed by atoms with Crippen molar-refractivity contribution >= 4 is 17.6 Å². The van der Waals surface area contributed by atoms with E-state index < -0.39 is 0 Å². The largest absolute Gasteiger partial charge is 0.373 e. The monoisotopic (exact) mass is 219 g/mol. The predicted molar refractivity (Wildman–Crippen MR) is 63.1 cm³/mol. The van der Waals surface area contributed by atoms with Gasteiger partial charge in [-0.3, -0.25) is 5.10 Å². The molecule has 0 aromatic carbocycles. The first-order valence-electron chi connectivity index (χ1n) is 4.79. The summed E-state index contributed by atoms with van der Waals surface area (Å²) in [7, 11) is 3.61. The molecule has 7 heteroatoms. The summed E-state index contributed by atoms with van der Waals surface area (Å²) in [6, 6.07) is 3.72. The standard InChI is InChI=1S/C9H13N7/c1-11-6-3-5(4-7(12-2)13-6)8-14-9(10)16-15-8/h3-4H,1-2H3,(H2,11,12,13)(H3,10,14,15,16). The Hall–Kier alpha value is -2.31. The number of hydrogen-bond acceptors (Lipinski definition) is 6. The minimum absolute atomic E-state index is 0.226. The summed E-state index contributed by atoms with van der Waals surface area (Å²) in [6.07, 6.45) is 0. The van der Waals surface area contributed by atoms with Crippen molar-refractivity contribution in [3.63, 3.8) is 0 Å². The summed E-state index contributed by atoms with van der Waals surface area (Å²) in [5.74, 6) is 2.34. The van der Waals surface area contributed by atoms with E-state index in [1.165, 1.54) is 0 Å². The van der Waals surface area contributed by atoms with Crippen LogP contribution < -0.4 is 16.4 Å². The van der Waals surface area contributed by atoms with E-state index in [9.17, 15) is 0 Å². The van der Waals surface area contributed by atoms with Crippen molar-refractivity contribution in [2.45, 2.75) is 0 Å². The average molecular weight is 219 g/mol. The lowest BCUT2D eigenvalue weighted by atomic mass is 10.2. The highest BCUT2D eigenvalue weighted by Crippen LogP contribution is 2.21. The molecule has 0 spiro atoms. The molecule has 84 valence electrons. The maximum Gasteiger partial charge on any atom is 0.239 e. The molecule has 0 saturated carbocycles. The van der Waals surface area contributed by atoms with Crippen molar-refractivity contribution in [2.75, 3.05) is 30.5 Å². The van der Waals surface area contributed by atoms with Crippen molar-refractivity contribution in [1.82, 2.24) is 20.2 Å². The zero-order valence-corrected chi connectivity index (χ0v) is 9.07. The van der Waals surface area contributed by atoms with Crippen molar-refractivity contribution in [3.05, 3.63) is 12.1 Å². The van der Waals surface area contributed by atoms with Crippen LogP contribution in [-0.4, -0.2) is 34.3 Å². The van der Waals surface area contributed by atoms with E-state index >= 15 is 0 Å². The molecule has 16 heavy (non-hydrogen) atoms. The van der Waals surface area contributed by atoms with Crippen LogP contribution in [-0.2, 0) is 0 Å². The highest BCUT2D eigenvalue weighted by molar-refractivity contribution is 5.65. The number of aromatic nitrogens is 4. The third-order valence-electron chi connectivity index (χ3n) is 2.11. The second-order valence-corrected chi connectivity index (χ2v) is 3.17. The summed E-state index contributed by atoms with van der Waals surface area (Å²) in [5.41, 5.74) is 6.33. The number of rotatable bonds is 3. The molecule has 2 aromatic rings. The van der Waals surface area contributed by atoms with Crippen LogP contribution >= 0.6 is 0 Å². The predicted octanol–water partition coefficient (Wildman–Crippen LogP) is 0.532. The van der Waals surface area contributed by atoms with Gasteiger partial charge in [0, 0.05) is 19.7 Å². The SMILES string of the molecule is CNc1cc(-c2nc(N)n[nH]2)cc(NC)n1. The number of anilines is 3. The van der Waals surface area contributed by atoms with Crippen molar-refractivity contribution in [1.29, 1.82) is 0 Å². The Kier molecular flexibility index (Phi) is 2.59. The average Bonchev–Trinajstić information content (AvgIpc) is 2.75. The van der Waals surface area contributed by atoms with E-state index in [1.54, 1.807) is 14.1 Å². The van der Waals surface area contributed by atoms with Gasteiger partial charge in [0.05, 0.1) is 0 Å². The lowest BCUT2D eigenvalue weighted by Gasteiger charge is -2.06. The maximum absolute atomic E-state index is 5.46. The molecule has 7 nitrogen and oxygen atoms in total. The Bertz CT molecular complexity index is 468. The van der Waals surface area contributed by atoms with Gasteiger partial charge in [-0.15, -0.1) is 5.10 Å². The Morgan fingerprint density at radius 2 is 1.75 bits per heavy atom. The minimum atomic E-state index is 0.226. The number of pyridine rings is 1. The summed E-state index contributed by atoms with van der Waals surface area (Å²) in [6.45, 7) is 0. The topological polar surface area (TPSA) is 105 Å². The van der Waals surface area contributed by atoms with E-state index in [0.29, 0.717) is 5.82 Å².